The van der Waals surface area contributed by atoms with Gasteiger partial charge in [0.15, 0.2) is 11.0 Å². The van der Waals surface area contributed by atoms with Gasteiger partial charge in [-0.1, -0.05) is 45.9 Å². The maximum atomic E-state index is 14.9. The van der Waals surface area contributed by atoms with Crippen molar-refractivity contribution >= 4 is 44.5 Å². The van der Waals surface area contributed by atoms with Crippen LogP contribution in [0.15, 0.2) is 58.0 Å². The minimum atomic E-state index is -1.01. The van der Waals surface area contributed by atoms with Crippen LogP contribution in [0.25, 0.3) is 0 Å². The fraction of sp³-hybridized carbons (Fsp3) is 0.318. The second-order valence-corrected chi connectivity index (χ2v) is 9.36. The number of amides is 1. The van der Waals surface area contributed by atoms with E-state index in [1.165, 1.54) is 24.8 Å². The molecule has 0 saturated carbocycles. The summed E-state index contributed by atoms with van der Waals surface area (Å²) in [6.07, 6.45) is -0.0628. The highest BCUT2D eigenvalue weighted by Gasteiger charge is 2.50. The summed E-state index contributed by atoms with van der Waals surface area (Å²) in [4.78, 5) is 29.3. The molecule has 0 bridgehead atoms. The van der Waals surface area contributed by atoms with Crippen LogP contribution in [0.1, 0.15) is 29.3 Å². The molecule has 1 amide bonds. The molecule has 2 aromatic carbocycles. The molecule has 0 radical (unpaired) electrons. The first-order chi connectivity index (χ1) is 14.4. The van der Waals surface area contributed by atoms with Crippen LogP contribution in [-0.4, -0.2) is 35.3 Å². The van der Waals surface area contributed by atoms with Crippen molar-refractivity contribution in [3.8, 4) is 0 Å². The van der Waals surface area contributed by atoms with E-state index in [1.54, 1.807) is 36.4 Å². The van der Waals surface area contributed by atoms with Crippen LogP contribution in [-0.2, 0) is 15.1 Å². The lowest BCUT2D eigenvalue weighted by molar-refractivity contribution is -0.137. The van der Waals surface area contributed by atoms with Gasteiger partial charge in [0.1, 0.15) is 17.5 Å². The number of amidine groups is 1. The number of thioether (sulfide) groups is 1. The van der Waals surface area contributed by atoms with Crippen molar-refractivity contribution in [2.45, 2.75) is 25.0 Å². The van der Waals surface area contributed by atoms with Crippen LogP contribution in [0.3, 0.4) is 0 Å². The summed E-state index contributed by atoms with van der Waals surface area (Å²) in [5.41, 5.74) is -0.0949. The van der Waals surface area contributed by atoms with Gasteiger partial charge in [-0.05, 0) is 43.7 Å². The highest BCUT2D eigenvalue weighted by molar-refractivity contribution is 9.10. The predicted octanol–water partition coefficient (Wildman–Crippen LogP) is 4.31. The molecule has 4 rings (SSSR count). The second kappa shape index (κ2) is 8.61. The van der Waals surface area contributed by atoms with E-state index in [9.17, 15) is 14.0 Å². The number of Topliss-reactive ketones (excluding diaryl/α,β-unsaturated/α-hetero) is 1. The van der Waals surface area contributed by atoms with Gasteiger partial charge < -0.3 is 10.1 Å². The number of hydrogen-bond acceptors (Lipinski definition) is 5. The molecule has 0 aromatic heterocycles. The van der Waals surface area contributed by atoms with Crippen molar-refractivity contribution < 1.29 is 18.7 Å². The average Bonchev–Trinajstić information content (AvgIpc) is 2.75. The zero-order valence-corrected chi connectivity index (χ0v) is 18.6. The summed E-state index contributed by atoms with van der Waals surface area (Å²) in [7, 11) is 0. The number of hydrogen-bond donors (Lipinski definition) is 1. The topological polar surface area (TPSA) is 67.8 Å². The van der Waals surface area contributed by atoms with Crippen molar-refractivity contribution in [1.82, 2.24) is 5.32 Å². The number of rotatable bonds is 3. The van der Waals surface area contributed by atoms with Gasteiger partial charge in [-0.3, -0.25) is 9.59 Å². The van der Waals surface area contributed by atoms with Crippen molar-refractivity contribution in [2.75, 3.05) is 12.4 Å². The molecule has 0 aliphatic carbocycles. The normalized spacial score (nSPS) is 25.8. The summed E-state index contributed by atoms with van der Waals surface area (Å²) in [5.74, 6) is -0.227. The zero-order chi connectivity index (χ0) is 21.3. The van der Waals surface area contributed by atoms with Crippen molar-refractivity contribution in [3.63, 3.8) is 0 Å². The molecule has 2 heterocycles. The van der Waals surface area contributed by atoms with Crippen LogP contribution in [0.5, 0.6) is 0 Å². The molecular formula is C22H20BrFN2O3S. The van der Waals surface area contributed by atoms with Crippen molar-refractivity contribution in [3.05, 3.63) is 69.9 Å². The van der Waals surface area contributed by atoms with E-state index in [2.05, 4.69) is 21.2 Å². The van der Waals surface area contributed by atoms with Gasteiger partial charge in [0, 0.05) is 27.3 Å². The van der Waals surface area contributed by atoms with Crippen LogP contribution in [0.2, 0.25) is 0 Å². The summed E-state index contributed by atoms with van der Waals surface area (Å²) in [6, 6.07) is 13.6. The van der Waals surface area contributed by atoms with Gasteiger partial charge in [-0.2, -0.15) is 0 Å². The molecule has 5 nitrogen and oxygen atoms in total. The monoisotopic (exact) mass is 490 g/mol. The van der Waals surface area contributed by atoms with E-state index in [1.807, 2.05) is 6.07 Å². The lowest BCUT2D eigenvalue weighted by Crippen LogP contribution is -2.52. The van der Waals surface area contributed by atoms with Crippen molar-refractivity contribution in [1.29, 1.82) is 0 Å². The van der Waals surface area contributed by atoms with E-state index in [-0.39, 0.29) is 24.2 Å². The molecule has 30 heavy (non-hydrogen) atoms. The second-order valence-electron chi connectivity index (χ2n) is 7.44. The number of carbonyl (C=O) groups is 2. The van der Waals surface area contributed by atoms with Gasteiger partial charge in [0.25, 0.3) is 5.91 Å². The number of carbonyl (C=O) groups excluding carboxylic acids is 2. The highest BCUT2D eigenvalue weighted by atomic mass is 79.9. The Labute approximate surface area is 186 Å². The Balaban J connectivity index is 1.72. The average molecular weight is 491 g/mol. The Kier molecular flexibility index (Phi) is 6.09. The number of aliphatic imine (C=N–C) groups is 1. The van der Waals surface area contributed by atoms with E-state index in [0.717, 1.165) is 4.47 Å². The Bertz CT molecular complexity index is 1020. The third kappa shape index (κ3) is 4.08. The lowest BCUT2D eigenvalue weighted by Gasteiger charge is -2.46. The number of benzene rings is 2. The van der Waals surface area contributed by atoms with Crippen LogP contribution in [0, 0.1) is 11.7 Å². The Morgan fingerprint density at radius 1 is 1.27 bits per heavy atom. The summed E-state index contributed by atoms with van der Waals surface area (Å²) in [5, 5.41) is 3.27. The highest BCUT2D eigenvalue weighted by Crippen LogP contribution is 2.47. The molecule has 2 aliphatic rings. The maximum absolute atomic E-state index is 14.9. The van der Waals surface area contributed by atoms with Crippen LogP contribution >= 0.6 is 27.7 Å². The predicted molar refractivity (Wildman–Crippen MR) is 118 cm³/mol. The molecule has 2 aromatic rings. The fourth-order valence-electron chi connectivity index (χ4n) is 3.88. The molecule has 0 spiro atoms. The third-order valence-electron chi connectivity index (χ3n) is 5.51. The molecule has 1 N–H and O–H groups in total. The Morgan fingerprint density at radius 2 is 2.03 bits per heavy atom. The number of ether oxygens (including phenoxy) is 1. The van der Waals surface area contributed by atoms with Crippen LogP contribution < -0.4 is 5.32 Å². The molecule has 2 aliphatic heterocycles. The van der Waals surface area contributed by atoms with Gasteiger partial charge in [-0.15, -0.1) is 0 Å². The first-order valence-corrected chi connectivity index (χ1v) is 11.3. The van der Waals surface area contributed by atoms with Crippen LogP contribution in [0.4, 0.5) is 4.39 Å². The molecule has 156 valence electrons. The maximum Gasteiger partial charge on any atom is 0.257 e. The summed E-state index contributed by atoms with van der Waals surface area (Å²) in [6.45, 7) is 1.57. The van der Waals surface area contributed by atoms with E-state index in [0.29, 0.717) is 28.5 Å². The SMILES string of the molecule is CC(=O)C1CC2CSC(NC(=O)c3ccccc3)=N[C@@]2(c2cc(Br)ccc2F)CO1. The van der Waals surface area contributed by atoms with E-state index in [4.69, 9.17) is 9.73 Å². The number of halogens is 2. The van der Waals surface area contributed by atoms with Crippen molar-refractivity contribution in [2.24, 2.45) is 10.9 Å². The number of ketones is 1. The zero-order valence-electron chi connectivity index (χ0n) is 16.2. The number of nitrogens with zero attached hydrogens (tertiary/aromatic N) is 1. The molecule has 3 atom stereocenters. The molecular weight excluding hydrogens is 471 g/mol. The third-order valence-corrected chi connectivity index (χ3v) is 7.03. The minimum Gasteiger partial charge on any atom is -0.368 e. The Morgan fingerprint density at radius 3 is 2.77 bits per heavy atom. The molecule has 8 heteroatoms. The summed E-state index contributed by atoms with van der Waals surface area (Å²) < 4.78 is 21.5. The first kappa shape index (κ1) is 21.2. The lowest BCUT2D eigenvalue weighted by atomic mass is 9.74. The Hall–Kier alpha value is -2.03. The van der Waals surface area contributed by atoms with E-state index < -0.39 is 17.5 Å². The smallest absolute Gasteiger partial charge is 0.257 e. The van der Waals surface area contributed by atoms with Gasteiger partial charge in [0.05, 0.1) is 6.61 Å². The summed E-state index contributed by atoms with van der Waals surface area (Å²) >= 11 is 4.82. The standard InChI is InChI=1S/C22H20BrFN2O3S/c1-13(27)19-9-15-11-30-21(25-20(28)14-5-3-2-4-6-14)26-22(15,12-29-19)17-10-16(23)7-8-18(17)24/h2-8,10,15,19H,9,11-12H2,1H3,(H,25,26,28)/t15?,19?,22-/m0/s1. The molecule has 2 unspecified atom stereocenters. The minimum absolute atomic E-state index is 0.0459. The van der Waals surface area contributed by atoms with Gasteiger partial charge in [-0.25, -0.2) is 9.38 Å². The fourth-order valence-corrected chi connectivity index (χ4v) is 5.41. The quantitative estimate of drug-likeness (QED) is 0.695. The molecule has 1 saturated heterocycles. The van der Waals surface area contributed by atoms with E-state index >= 15 is 0 Å². The molecule has 1 fully saturated rings. The number of nitrogens with one attached hydrogen (secondary N) is 1. The van der Waals surface area contributed by atoms with Gasteiger partial charge >= 0.3 is 0 Å². The largest absolute Gasteiger partial charge is 0.368 e. The first-order valence-electron chi connectivity index (χ1n) is 9.55. The number of fused-ring (bicyclic) bond motifs is 1. The van der Waals surface area contributed by atoms with Gasteiger partial charge in [0.2, 0.25) is 0 Å².